The van der Waals surface area contributed by atoms with Crippen LogP contribution in [0.25, 0.3) is 0 Å². The first-order valence-corrected chi connectivity index (χ1v) is 10.4. The quantitative estimate of drug-likeness (QED) is 0.813. The van der Waals surface area contributed by atoms with Gasteiger partial charge < -0.3 is 10.6 Å². The second-order valence-electron chi connectivity index (χ2n) is 6.55. The van der Waals surface area contributed by atoms with E-state index in [1.165, 1.54) is 31.9 Å². The molecule has 1 aliphatic carbocycles. The molecule has 128 valence electrons. The Balaban J connectivity index is 1.93. The van der Waals surface area contributed by atoms with Gasteiger partial charge in [0.25, 0.3) is 0 Å². The molecule has 0 aliphatic heterocycles. The van der Waals surface area contributed by atoms with Crippen molar-refractivity contribution in [3.8, 4) is 0 Å². The predicted octanol–water partition coefficient (Wildman–Crippen LogP) is 3.19. The van der Waals surface area contributed by atoms with E-state index >= 15 is 0 Å². The van der Waals surface area contributed by atoms with E-state index in [1.807, 2.05) is 19.1 Å². The smallest absolute Gasteiger partial charge is 0.175 e. The topological polar surface area (TPSA) is 58.2 Å². The van der Waals surface area contributed by atoms with Crippen molar-refractivity contribution in [3.05, 3.63) is 29.8 Å². The van der Waals surface area contributed by atoms with Gasteiger partial charge in [-0.2, -0.15) is 0 Å². The fourth-order valence-corrected chi connectivity index (χ4v) is 3.98. The molecule has 2 N–H and O–H groups in total. The first-order chi connectivity index (χ1) is 10.8. The van der Waals surface area contributed by atoms with Gasteiger partial charge in [-0.25, -0.2) is 8.42 Å². The lowest BCUT2D eigenvalue weighted by Crippen LogP contribution is -2.46. The average Bonchev–Trinajstić information content (AvgIpc) is 2.49. The largest absolute Gasteiger partial charge is 0.360 e. The van der Waals surface area contributed by atoms with Crippen LogP contribution in [0.1, 0.15) is 51.1 Å². The van der Waals surface area contributed by atoms with Crippen LogP contribution in [0.15, 0.2) is 29.2 Å². The Morgan fingerprint density at radius 1 is 1.22 bits per heavy atom. The van der Waals surface area contributed by atoms with Crippen molar-refractivity contribution in [2.75, 3.05) is 6.26 Å². The number of nitrogens with one attached hydrogen (secondary N) is 2. The van der Waals surface area contributed by atoms with Gasteiger partial charge in [0.1, 0.15) is 0 Å². The summed E-state index contributed by atoms with van der Waals surface area (Å²) in [6.07, 6.45) is 6.20. The Morgan fingerprint density at radius 3 is 2.39 bits per heavy atom. The van der Waals surface area contributed by atoms with Gasteiger partial charge in [0.05, 0.1) is 10.9 Å². The summed E-state index contributed by atoms with van der Waals surface area (Å²) < 4.78 is 23.0. The van der Waals surface area contributed by atoms with E-state index in [0.29, 0.717) is 22.0 Å². The summed E-state index contributed by atoms with van der Waals surface area (Å²) in [5.74, 6) is 0.646. The van der Waals surface area contributed by atoms with Crippen molar-refractivity contribution in [1.82, 2.24) is 10.6 Å². The number of rotatable bonds is 4. The number of benzene rings is 1. The third-order valence-corrected chi connectivity index (χ3v) is 5.95. The highest BCUT2D eigenvalue weighted by atomic mass is 32.2. The van der Waals surface area contributed by atoms with Crippen LogP contribution in [-0.2, 0) is 9.84 Å². The van der Waals surface area contributed by atoms with Gasteiger partial charge in [-0.3, -0.25) is 0 Å². The second-order valence-corrected chi connectivity index (χ2v) is 8.97. The van der Waals surface area contributed by atoms with E-state index in [1.54, 1.807) is 12.1 Å². The molecule has 0 bridgehead atoms. The molecule has 0 spiro atoms. The lowest BCUT2D eigenvalue weighted by Gasteiger charge is -2.31. The van der Waals surface area contributed by atoms with Crippen molar-refractivity contribution in [1.29, 1.82) is 0 Å². The van der Waals surface area contributed by atoms with Crippen molar-refractivity contribution in [3.63, 3.8) is 0 Å². The molecular weight excluding hydrogens is 328 g/mol. The van der Waals surface area contributed by atoms with E-state index in [0.717, 1.165) is 5.56 Å². The zero-order chi connectivity index (χ0) is 17.0. The summed E-state index contributed by atoms with van der Waals surface area (Å²) in [5.41, 5.74) is 1.01. The first kappa shape index (κ1) is 18.2. The zero-order valence-electron chi connectivity index (χ0n) is 14.0. The first-order valence-electron chi connectivity index (χ1n) is 8.14. The molecule has 1 aliphatic rings. The molecule has 1 aromatic carbocycles. The Morgan fingerprint density at radius 2 is 1.83 bits per heavy atom. The minimum atomic E-state index is -3.15. The molecule has 1 aromatic rings. The van der Waals surface area contributed by atoms with Gasteiger partial charge >= 0.3 is 0 Å². The van der Waals surface area contributed by atoms with Crippen LogP contribution in [0.5, 0.6) is 0 Å². The summed E-state index contributed by atoms with van der Waals surface area (Å²) in [6, 6.07) is 7.43. The van der Waals surface area contributed by atoms with Gasteiger partial charge in [-0.15, -0.1) is 0 Å². The molecule has 2 rings (SSSR count). The normalized spacial score (nSPS) is 23.1. The van der Waals surface area contributed by atoms with Crippen molar-refractivity contribution < 1.29 is 8.42 Å². The number of hydrogen-bond donors (Lipinski definition) is 2. The fourth-order valence-electron chi connectivity index (χ4n) is 3.02. The molecule has 0 unspecified atom stereocenters. The summed E-state index contributed by atoms with van der Waals surface area (Å²) >= 11 is 5.43. The molecule has 0 radical (unpaired) electrons. The summed E-state index contributed by atoms with van der Waals surface area (Å²) in [7, 11) is -3.15. The van der Waals surface area contributed by atoms with Crippen molar-refractivity contribution in [2.24, 2.45) is 5.92 Å². The van der Waals surface area contributed by atoms with E-state index in [4.69, 9.17) is 12.2 Å². The maximum absolute atomic E-state index is 11.5. The Labute approximate surface area is 145 Å². The summed E-state index contributed by atoms with van der Waals surface area (Å²) in [6.45, 7) is 4.29. The second kappa shape index (κ2) is 7.62. The maximum atomic E-state index is 11.5. The molecular formula is C17H26N2O2S2. The van der Waals surface area contributed by atoms with Gasteiger partial charge in [-0.05, 0) is 55.6 Å². The molecule has 6 heteroatoms. The van der Waals surface area contributed by atoms with Crippen LogP contribution in [-0.4, -0.2) is 25.8 Å². The number of hydrogen-bond acceptors (Lipinski definition) is 3. The molecule has 3 atom stereocenters. The predicted molar refractivity (Wildman–Crippen MR) is 98.3 cm³/mol. The van der Waals surface area contributed by atoms with Crippen molar-refractivity contribution >= 4 is 27.2 Å². The molecule has 23 heavy (non-hydrogen) atoms. The Hall–Kier alpha value is -1.14. The lowest BCUT2D eigenvalue weighted by atomic mass is 9.86. The van der Waals surface area contributed by atoms with Gasteiger partial charge in [0.15, 0.2) is 14.9 Å². The molecule has 1 fully saturated rings. The van der Waals surface area contributed by atoms with Gasteiger partial charge in [0.2, 0.25) is 0 Å². The molecule has 0 aromatic heterocycles. The highest BCUT2D eigenvalue weighted by Gasteiger charge is 2.22. The third kappa shape index (κ3) is 5.18. The third-order valence-electron chi connectivity index (χ3n) is 4.58. The van der Waals surface area contributed by atoms with E-state index in [-0.39, 0.29) is 6.04 Å². The Bertz CT molecular complexity index is 641. The SMILES string of the molecule is C[C@H](NC(=S)N[C@H]1CCCC[C@@H]1C)c1ccc(S(C)(=O)=O)cc1. The summed E-state index contributed by atoms with van der Waals surface area (Å²) in [4.78, 5) is 0.338. The zero-order valence-corrected chi connectivity index (χ0v) is 15.6. The van der Waals surface area contributed by atoms with Crippen LogP contribution in [0.4, 0.5) is 0 Å². The van der Waals surface area contributed by atoms with Crippen LogP contribution < -0.4 is 10.6 Å². The number of thiocarbonyl (C=S) groups is 1. The van der Waals surface area contributed by atoms with E-state index in [2.05, 4.69) is 17.6 Å². The van der Waals surface area contributed by atoms with Crippen LogP contribution in [0, 0.1) is 5.92 Å². The number of sulfone groups is 1. The molecule has 0 heterocycles. The minimum absolute atomic E-state index is 0.0301. The molecule has 4 nitrogen and oxygen atoms in total. The fraction of sp³-hybridized carbons (Fsp3) is 0.588. The highest BCUT2D eigenvalue weighted by Crippen LogP contribution is 2.24. The molecule has 0 amide bonds. The summed E-state index contributed by atoms with van der Waals surface area (Å²) in [5, 5.41) is 7.39. The van der Waals surface area contributed by atoms with Crippen LogP contribution in [0.3, 0.4) is 0 Å². The van der Waals surface area contributed by atoms with E-state index < -0.39 is 9.84 Å². The van der Waals surface area contributed by atoms with Crippen molar-refractivity contribution in [2.45, 2.75) is 56.5 Å². The minimum Gasteiger partial charge on any atom is -0.360 e. The maximum Gasteiger partial charge on any atom is 0.175 e. The van der Waals surface area contributed by atoms with E-state index in [9.17, 15) is 8.42 Å². The van der Waals surface area contributed by atoms with Crippen LogP contribution >= 0.6 is 12.2 Å². The lowest BCUT2D eigenvalue weighted by molar-refractivity contribution is 0.307. The monoisotopic (exact) mass is 354 g/mol. The Kier molecular flexibility index (Phi) is 6.03. The highest BCUT2D eigenvalue weighted by molar-refractivity contribution is 7.90. The van der Waals surface area contributed by atoms with Gasteiger partial charge in [0, 0.05) is 12.3 Å². The molecule has 1 saturated carbocycles. The van der Waals surface area contributed by atoms with Gasteiger partial charge in [-0.1, -0.05) is 31.9 Å². The average molecular weight is 355 g/mol. The van der Waals surface area contributed by atoms with Crippen LogP contribution in [0.2, 0.25) is 0 Å². The molecule has 0 saturated heterocycles. The standard InChI is InChI=1S/C17H26N2O2S2/c1-12-6-4-5-7-16(12)19-17(22)18-13(2)14-8-10-15(11-9-14)23(3,20)21/h8-13,16H,4-7H2,1-3H3,(H2,18,19,22)/t12-,13-,16-/m0/s1.